The SMILES string of the molecule is CC(=NNc1ccc(Cl)c(Cl)c1)c1ccc(-n2ccnc2)cc1. The van der Waals surface area contributed by atoms with Gasteiger partial charge in [0.2, 0.25) is 0 Å². The minimum atomic E-state index is 0.495. The lowest BCUT2D eigenvalue weighted by Gasteiger charge is -2.06. The first-order valence-electron chi connectivity index (χ1n) is 6.97. The zero-order valence-electron chi connectivity index (χ0n) is 12.4. The standard InChI is InChI=1S/C17H14Cl2N4/c1-12(21-22-14-4-7-16(18)17(19)10-14)13-2-5-15(6-3-13)23-9-8-20-11-23/h2-11,22H,1H3. The van der Waals surface area contributed by atoms with E-state index in [0.717, 1.165) is 22.6 Å². The number of benzene rings is 2. The third kappa shape index (κ3) is 3.73. The quantitative estimate of drug-likeness (QED) is 0.533. The number of hydrogen-bond acceptors (Lipinski definition) is 3. The zero-order chi connectivity index (χ0) is 16.2. The second-order valence-electron chi connectivity index (χ2n) is 4.95. The highest BCUT2D eigenvalue weighted by Crippen LogP contribution is 2.25. The average molecular weight is 345 g/mol. The van der Waals surface area contributed by atoms with Crippen LogP contribution >= 0.6 is 23.2 Å². The van der Waals surface area contributed by atoms with Gasteiger partial charge in [-0.1, -0.05) is 35.3 Å². The van der Waals surface area contributed by atoms with Crippen LogP contribution < -0.4 is 5.43 Å². The molecule has 4 nitrogen and oxygen atoms in total. The van der Waals surface area contributed by atoms with E-state index in [1.165, 1.54) is 0 Å². The predicted octanol–water partition coefficient (Wildman–Crippen LogP) is 5.02. The molecule has 116 valence electrons. The van der Waals surface area contributed by atoms with E-state index in [4.69, 9.17) is 23.2 Å². The third-order valence-electron chi connectivity index (χ3n) is 3.36. The average Bonchev–Trinajstić information content (AvgIpc) is 3.10. The van der Waals surface area contributed by atoms with Gasteiger partial charge in [-0.3, -0.25) is 5.43 Å². The highest BCUT2D eigenvalue weighted by atomic mass is 35.5. The summed E-state index contributed by atoms with van der Waals surface area (Å²) in [6.07, 6.45) is 5.42. The molecule has 0 bridgehead atoms. The Morgan fingerprint density at radius 1 is 1.09 bits per heavy atom. The van der Waals surface area contributed by atoms with Crippen LogP contribution in [0, 0.1) is 0 Å². The highest BCUT2D eigenvalue weighted by Gasteiger charge is 2.01. The summed E-state index contributed by atoms with van der Waals surface area (Å²) >= 11 is 11.9. The molecule has 3 rings (SSSR count). The van der Waals surface area contributed by atoms with Gasteiger partial charge in [0.05, 0.1) is 27.8 Å². The molecule has 0 aliphatic carbocycles. The van der Waals surface area contributed by atoms with Crippen molar-refractivity contribution in [3.8, 4) is 5.69 Å². The summed E-state index contributed by atoms with van der Waals surface area (Å²) in [4.78, 5) is 4.04. The number of nitrogens with one attached hydrogen (secondary N) is 1. The number of rotatable bonds is 4. The van der Waals surface area contributed by atoms with E-state index in [0.29, 0.717) is 10.0 Å². The largest absolute Gasteiger partial charge is 0.306 e. The number of halogens is 2. The first kappa shape index (κ1) is 15.6. The van der Waals surface area contributed by atoms with Crippen molar-refractivity contribution in [3.63, 3.8) is 0 Å². The summed E-state index contributed by atoms with van der Waals surface area (Å²) in [5.74, 6) is 0. The fourth-order valence-electron chi connectivity index (χ4n) is 2.07. The molecule has 0 amide bonds. The molecule has 3 aromatic rings. The molecule has 0 spiro atoms. The Hall–Kier alpha value is -2.30. The van der Waals surface area contributed by atoms with Crippen molar-refractivity contribution in [1.29, 1.82) is 0 Å². The maximum Gasteiger partial charge on any atom is 0.0991 e. The van der Waals surface area contributed by atoms with Gasteiger partial charge in [0, 0.05) is 18.1 Å². The zero-order valence-corrected chi connectivity index (χ0v) is 13.9. The Morgan fingerprint density at radius 3 is 2.52 bits per heavy atom. The van der Waals surface area contributed by atoms with Crippen molar-refractivity contribution in [2.24, 2.45) is 5.10 Å². The molecule has 1 aromatic heterocycles. The summed E-state index contributed by atoms with van der Waals surface area (Å²) in [6.45, 7) is 1.94. The Bertz CT molecular complexity index is 824. The second kappa shape index (κ2) is 6.86. The van der Waals surface area contributed by atoms with Crippen LogP contribution in [0.15, 0.2) is 66.3 Å². The molecule has 23 heavy (non-hydrogen) atoms. The van der Waals surface area contributed by atoms with E-state index in [1.54, 1.807) is 24.7 Å². The van der Waals surface area contributed by atoms with Gasteiger partial charge in [0.25, 0.3) is 0 Å². The summed E-state index contributed by atoms with van der Waals surface area (Å²) in [7, 11) is 0. The Labute approximate surface area is 144 Å². The number of nitrogens with zero attached hydrogens (tertiary/aromatic N) is 3. The maximum absolute atomic E-state index is 5.98. The molecule has 0 atom stereocenters. The van der Waals surface area contributed by atoms with Gasteiger partial charge in [0.1, 0.15) is 0 Å². The second-order valence-corrected chi connectivity index (χ2v) is 5.77. The lowest BCUT2D eigenvalue weighted by Crippen LogP contribution is -2.00. The topological polar surface area (TPSA) is 42.2 Å². The number of hydrogen-bond donors (Lipinski definition) is 1. The van der Waals surface area contributed by atoms with Gasteiger partial charge >= 0.3 is 0 Å². The van der Waals surface area contributed by atoms with Crippen molar-refractivity contribution in [1.82, 2.24) is 9.55 Å². The van der Waals surface area contributed by atoms with Gasteiger partial charge in [-0.15, -0.1) is 0 Å². The van der Waals surface area contributed by atoms with E-state index in [-0.39, 0.29) is 0 Å². The molecular weight excluding hydrogens is 331 g/mol. The van der Waals surface area contributed by atoms with Crippen LogP contribution in [-0.4, -0.2) is 15.3 Å². The number of anilines is 1. The molecule has 1 heterocycles. The van der Waals surface area contributed by atoms with Crippen LogP contribution in [0.1, 0.15) is 12.5 Å². The molecule has 6 heteroatoms. The fraction of sp³-hybridized carbons (Fsp3) is 0.0588. The Morgan fingerprint density at radius 2 is 1.87 bits per heavy atom. The summed E-state index contributed by atoms with van der Waals surface area (Å²) in [5, 5.41) is 5.39. The predicted molar refractivity (Wildman–Crippen MR) is 95.9 cm³/mol. The van der Waals surface area contributed by atoms with Crippen LogP contribution in [0.25, 0.3) is 5.69 Å². The molecule has 0 fully saturated rings. The molecule has 0 saturated heterocycles. The lowest BCUT2D eigenvalue weighted by atomic mass is 10.1. The van der Waals surface area contributed by atoms with Crippen molar-refractivity contribution >= 4 is 34.6 Å². The normalized spacial score (nSPS) is 11.5. The van der Waals surface area contributed by atoms with E-state index >= 15 is 0 Å². The monoisotopic (exact) mass is 344 g/mol. The van der Waals surface area contributed by atoms with Crippen LogP contribution in [-0.2, 0) is 0 Å². The highest BCUT2D eigenvalue weighted by molar-refractivity contribution is 6.42. The summed E-state index contributed by atoms with van der Waals surface area (Å²) < 4.78 is 1.95. The number of imidazole rings is 1. The minimum Gasteiger partial charge on any atom is -0.306 e. The van der Waals surface area contributed by atoms with Gasteiger partial charge in [-0.25, -0.2) is 4.98 Å². The van der Waals surface area contributed by atoms with Gasteiger partial charge in [-0.05, 0) is 42.8 Å². The molecule has 1 N–H and O–H groups in total. The summed E-state index contributed by atoms with van der Waals surface area (Å²) in [6, 6.07) is 13.4. The van der Waals surface area contributed by atoms with Gasteiger partial charge in [-0.2, -0.15) is 5.10 Å². The number of aromatic nitrogens is 2. The van der Waals surface area contributed by atoms with Gasteiger partial charge < -0.3 is 4.57 Å². The molecule has 0 radical (unpaired) electrons. The van der Waals surface area contributed by atoms with E-state index < -0.39 is 0 Å². The molecule has 0 aliphatic heterocycles. The van der Waals surface area contributed by atoms with Crippen LogP contribution in [0.5, 0.6) is 0 Å². The van der Waals surface area contributed by atoms with Crippen LogP contribution in [0.3, 0.4) is 0 Å². The van der Waals surface area contributed by atoms with Gasteiger partial charge in [0.15, 0.2) is 0 Å². The first-order chi connectivity index (χ1) is 11.1. The summed E-state index contributed by atoms with van der Waals surface area (Å²) in [5.41, 5.74) is 6.72. The Kier molecular flexibility index (Phi) is 4.65. The molecule has 2 aromatic carbocycles. The van der Waals surface area contributed by atoms with E-state index in [2.05, 4.69) is 15.5 Å². The van der Waals surface area contributed by atoms with E-state index in [1.807, 2.05) is 48.0 Å². The van der Waals surface area contributed by atoms with Crippen LogP contribution in [0.2, 0.25) is 10.0 Å². The molecule has 0 saturated carbocycles. The molecular formula is C17H14Cl2N4. The van der Waals surface area contributed by atoms with Crippen molar-refractivity contribution in [2.45, 2.75) is 6.92 Å². The van der Waals surface area contributed by atoms with Crippen molar-refractivity contribution in [3.05, 3.63) is 76.8 Å². The smallest absolute Gasteiger partial charge is 0.0991 e. The van der Waals surface area contributed by atoms with E-state index in [9.17, 15) is 0 Å². The third-order valence-corrected chi connectivity index (χ3v) is 4.10. The minimum absolute atomic E-state index is 0.495. The first-order valence-corrected chi connectivity index (χ1v) is 7.73. The fourth-order valence-corrected chi connectivity index (χ4v) is 2.36. The van der Waals surface area contributed by atoms with Crippen LogP contribution in [0.4, 0.5) is 5.69 Å². The van der Waals surface area contributed by atoms with Crippen molar-refractivity contribution < 1.29 is 0 Å². The molecule has 0 aliphatic rings. The maximum atomic E-state index is 5.98. The number of hydrazone groups is 1. The lowest BCUT2D eigenvalue weighted by molar-refractivity contribution is 1.06. The Balaban J connectivity index is 1.74. The van der Waals surface area contributed by atoms with Crippen molar-refractivity contribution in [2.75, 3.05) is 5.43 Å². The molecule has 0 unspecified atom stereocenters.